The van der Waals surface area contributed by atoms with E-state index in [1.807, 2.05) is 60.7 Å². The lowest BCUT2D eigenvalue weighted by Gasteiger charge is -2.07. The van der Waals surface area contributed by atoms with Crippen LogP contribution in [0.3, 0.4) is 0 Å². The van der Waals surface area contributed by atoms with Crippen molar-refractivity contribution in [3.8, 4) is 12.1 Å². The molecule has 1 aromatic heterocycles. The molecule has 0 spiro atoms. The predicted octanol–water partition coefficient (Wildman–Crippen LogP) is 3.24. The average molecular weight is 311 g/mol. The highest BCUT2D eigenvalue weighted by atomic mass is 15.3. The maximum Gasteiger partial charge on any atom is 0.252 e. The van der Waals surface area contributed by atoms with Crippen molar-refractivity contribution in [3.05, 3.63) is 82.9 Å². The molecule has 0 unspecified atom stereocenters. The summed E-state index contributed by atoms with van der Waals surface area (Å²) >= 11 is 0. The van der Waals surface area contributed by atoms with Gasteiger partial charge in [-0.3, -0.25) is 0 Å². The molecule has 0 bridgehead atoms. The van der Waals surface area contributed by atoms with Crippen LogP contribution >= 0.6 is 0 Å². The molecule has 0 N–H and O–H groups in total. The van der Waals surface area contributed by atoms with Gasteiger partial charge in [-0.25, -0.2) is 9.67 Å². The smallest absolute Gasteiger partial charge is 0.247 e. The monoisotopic (exact) mass is 311 g/mol. The first-order valence-electron chi connectivity index (χ1n) is 7.34. The number of nitrogens with zero attached hydrogens (tertiary/aromatic N) is 5. The van der Waals surface area contributed by atoms with Gasteiger partial charge in [0.2, 0.25) is 0 Å². The van der Waals surface area contributed by atoms with Gasteiger partial charge in [0, 0.05) is 0 Å². The Kier molecular flexibility index (Phi) is 4.46. The second-order valence-corrected chi connectivity index (χ2v) is 5.15. The van der Waals surface area contributed by atoms with Crippen molar-refractivity contribution in [2.75, 3.05) is 0 Å². The number of aromatic nitrogens is 3. The Bertz CT molecular complexity index is 955. The summed E-state index contributed by atoms with van der Waals surface area (Å²) in [5.74, 6) is 0.132. The molecule has 3 rings (SSSR count). The van der Waals surface area contributed by atoms with Crippen LogP contribution in [0.4, 0.5) is 0 Å². The van der Waals surface area contributed by atoms with Crippen molar-refractivity contribution >= 4 is 12.2 Å². The lowest BCUT2D eigenvalue weighted by Crippen LogP contribution is -2.03. The molecule has 0 aliphatic carbocycles. The summed E-state index contributed by atoms with van der Waals surface area (Å²) in [6, 6.07) is 19.6. The molecule has 5 heteroatoms. The van der Waals surface area contributed by atoms with Crippen molar-refractivity contribution in [2.24, 2.45) is 0 Å². The zero-order valence-corrected chi connectivity index (χ0v) is 12.8. The minimum absolute atomic E-state index is 0.132. The van der Waals surface area contributed by atoms with Gasteiger partial charge in [0.15, 0.2) is 0 Å². The SMILES string of the molecule is N#Cc1ccc(/C=C\c2ccccc2)c(Cn2cnc(C#N)n2)c1. The van der Waals surface area contributed by atoms with E-state index in [-0.39, 0.29) is 5.82 Å². The molecule has 114 valence electrons. The normalized spacial score (nSPS) is 10.4. The number of benzene rings is 2. The zero-order chi connectivity index (χ0) is 16.8. The first kappa shape index (κ1) is 15.2. The van der Waals surface area contributed by atoms with Crippen molar-refractivity contribution in [1.29, 1.82) is 10.5 Å². The summed E-state index contributed by atoms with van der Waals surface area (Å²) in [5.41, 5.74) is 3.62. The van der Waals surface area contributed by atoms with E-state index in [0.717, 1.165) is 16.7 Å². The van der Waals surface area contributed by atoms with E-state index in [1.165, 1.54) is 6.33 Å². The number of rotatable bonds is 4. The molecule has 0 aliphatic rings. The summed E-state index contributed by atoms with van der Waals surface area (Å²) in [4.78, 5) is 3.90. The molecule has 0 radical (unpaired) electrons. The van der Waals surface area contributed by atoms with Gasteiger partial charge in [-0.05, 0) is 28.8 Å². The Balaban J connectivity index is 1.92. The zero-order valence-electron chi connectivity index (χ0n) is 12.8. The van der Waals surface area contributed by atoms with Gasteiger partial charge in [-0.2, -0.15) is 10.5 Å². The number of hydrogen-bond acceptors (Lipinski definition) is 4. The van der Waals surface area contributed by atoms with Crippen LogP contribution in [-0.4, -0.2) is 14.8 Å². The molecule has 3 aromatic rings. The maximum atomic E-state index is 9.12. The third-order valence-electron chi connectivity index (χ3n) is 3.50. The molecule has 0 fully saturated rings. The molecule has 1 heterocycles. The average Bonchev–Trinajstić information content (AvgIpc) is 3.09. The van der Waals surface area contributed by atoms with Crippen molar-refractivity contribution in [1.82, 2.24) is 14.8 Å². The van der Waals surface area contributed by atoms with E-state index in [9.17, 15) is 0 Å². The van der Waals surface area contributed by atoms with E-state index >= 15 is 0 Å². The molecule has 2 aromatic carbocycles. The van der Waals surface area contributed by atoms with Gasteiger partial charge in [0.05, 0.1) is 18.2 Å². The van der Waals surface area contributed by atoms with E-state index in [1.54, 1.807) is 10.7 Å². The topological polar surface area (TPSA) is 78.3 Å². The Morgan fingerprint density at radius 2 is 1.83 bits per heavy atom. The molecule has 0 saturated heterocycles. The van der Waals surface area contributed by atoms with Crippen molar-refractivity contribution < 1.29 is 0 Å². The molecule has 24 heavy (non-hydrogen) atoms. The Hall–Kier alpha value is -3.70. The Morgan fingerprint density at radius 3 is 2.54 bits per heavy atom. The molecular weight excluding hydrogens is 298 g/mol. The second kappa shape index (κ2) is 7.04. The van der Waals surface area contributed by atoms with Gasteiger partial charge in [0.25, 0.3) is 5.82 Å². The van der Waals surface area contributed by atoms with Crippen LogP contribution in [0.1, 0.15) is 28.1 Å². The highest BCUT2D eigenvalue weighted by Gasteiger charge is 2.05. The highest BCUT2D eigenvalue weighted by molar-refractivity contribution is 5.71. The Labute approximate surface area is 139 Å². The van der Waals surface area contributed by atoms with E-state index in [0.29, 0.717) is 12.1 Å². The van der Waals surface area contributed by atoms with Crippen LogP contribution in [0.25, 0.3) is 12.2 Å². The first-order chi connectivity index (χ1) is 11.8. The van der Waals surface area contributed by atoms with E-state index < -0.39 is 0 Å². The highest BCUT2D eigenvalue weighted by Crippen LogP contribution is 2.17. The third kappa shape index (κ3) is 3.55. The van der Waals surface area contributed by atoms with Crippen LogP contribution in [-0.2, 0) is 6.54 Å². The number of nitriles is 2. The van der Waals surface area contributed by atoms with Gasteiger partial charge >= 0.3 is 0 Å². The van der Waals surface area contributed by atoms with Crippen LogP contribution in [0, 0.1) is 22.7 Å². The molecule has 0 aliphatic heterocycles. The van der Waals surface area contributed by atoms with Gasteiger partial charge in [-0.1, -0.05) is 48.6 Å². The second-order valence-electron chi connectivity index (χ2n) is 5.15. The lowest BCUT2D eigenvalue weighted by molar-refractivity contribution is 0.681. The summed E-state index contributed by atoms with van der Waals surface area (Å²) < 4.78 is 1.59. The Morgan fingerprint density at radius 1 is 1.00 bits per heavy atom. The summed E-state index contributed by atoms with van der Waals surface area (Å²) in [5, 5.41) is 22.0. The van der Waals surface area contributed by atoms with Crippen LogP contribution in [0.2, 0.25) is 0 Å². The predicted molar refractivity (Wildman–Crippen MR) is 90.4 cm³/mol. The van der Waals surface area contributed by atoms with E-state index in [2.05, 4.69) is 16.2 Å². The minimum atomic E-state index is 0.132. The molecule has 0 atom stereocenters. The summed E-state index contributed by atoms with van der Waals surface area (Å²) in [7, 11) is 0. The van der Waals surface area contributed by atoms with Gasteiger partial charge in [0.1, 0.15) is 12.4 Å². The maximum absolute atomic E-state index is 9.12. The lowest BCUT2D eigenvalue weighted by atomic mass is 10.0. The summed E-state index contributed by atoms with van der Waals surface area (Å²) in [6.07, 6.45) is 5.54. The van der Waals surface area contributed by atoms with Crippen molar-refractivity contribution in [2.45, 2.75) is 6.54 Å². The fourth-order valence-corrected chi connectivity index (χ4v) is 2.32. The fourth-order valence-electron chi connectivity index (χ4n) is 2.32. The molecular formula is C19H13N5. The molecule has 5 nitrogen and oxygen atoms in total. The van der Waals surface area contributed by atoms with Crippen LogP contribution in [0.5, 0.6) is 0 Å². The minimum Gasteiger partial charge on any atom is -0.247 e. The van der Waals surface area contributed by atoms with Crippen molar-refractivity contribution in [3.63, 3.8) is 0 Å². The quantitative estimate of drug-likeness (QED) is 0.693. The van der Waals surface area contributed by atoms with Gasteiger partial charge in [-0.15, -0.1) is 5.10 Å². The number of hydrogen-bond donors (Lipinski definition) is 0. The molecule has 0 amide bonds. The standard InChI is InChI=1S/C19H13N5/c20-11-16-7-9-17(8-6-15-4-2-1-3-5-15)18(10-16)13-24-14-22-19(12-21)23-24/h1-10,14H,13H2/b8-6-. The molecule has 0 saturated carbocycles. The first-order valence-corrected chi connectivity index (χ1v) is 7.34. The van der Waals surface area contributed by atoms with Gasteiger partial charge < -0.3 is 0 Å². The van der Waals surface area contributed by atoms with E-state index in [4.69, 9.17) is 10.5 Å². The summed E-state index contributed by atoms with van der Waals surface area (Å²) in [6.45, 7) is 0.443. The largest absolute Gasteiger partial charge is 0.252 e. The fraction of sp³-hybridized carbons (Fsp3) is 0.0526. The third-order valence-corrected chi connectivity index (χ3v) is 3.50. The van der Waals surface area contributed by atoms with Crippen LogP contribution in [0.15, 0.2) is 54.9 Å². The van der Waals surface area contributed by atoms with Crippen LogP contribution < -0.4 is 0 Å².